The van der Waals surface area contributed by atoms with Gasteiger partial charge >= 0.3 is 0 Å². The van der Waals surface area contributed by atoms with E-state index in [1.165, 1.54) is 0 Å². The topological polar surface area (TPSA) is 52.9 Å². The van der Waals surface area contributed by atoms with Crippen LogP contribution < -0.4 is 4.72 Å². The van der Waals surface area contributed by atoms with Gasteiger partial charge in [-0.2, -0.15) is 5.26 Å². The van der Waals surface area contributed by atoms with Gasteiger partial charge in [0, 0.05) is 5.69 Å². The highest BCUT2D eigenvalue weighted by atomic mass is 32.2. The van der Waals surface area contributed by atoms with E-state index in [9.17, 15) is 4.21 Å². The average Bonchev–Trinajstić information content (AvgIpc) is 2.17. The normalized spacial score (nSPS) is 12.9. The van der Waals surface area contributed by atoms with E-state index in [4.69, 9.17) is 5.26 Å². The van der Waals surface area contributed by atoms with Gasteiger partial charge in [0.05, 0.1) is 16.4 Å². The molecule has 0 heterocycles. The number of benzene rings is 1. The van der Waals surface area contributed by atoms with Crippen molar-refractivity contribution in [2.24, 2.45) is 0 Å². The first kappa shape index (κ1) is 11.7. The van der Waals surface area contributed by atoms with E-state index in [0.717, 1.165) is 5.69 Å². The van der Waals surface area contributed by atoms with Gasteiger partial charge < -0.3 is 4.72 Å². The highest BCUT2D eigenvalue weighted by Crippen LogP contribution is 2.16. The zero-order chi connectivity index (χ0) is 11.5. The van der Waals surface area contributed by atoms with Crippen LogP contribution in [0.4, 0.5) is 5.69 Å². The second-order valence-electron chi connectivity index (χ2n) is 4.17. The maximum Gasteiger partial charge on any atom is 0.122 e. The molecule has 0 bridgehead atoms. The first-order chi connectivity index (χ1) is 6.93. The Labute approximate surface area is 92.7 Å². The van der Waals surface area contributed by atoms with Gasteiger partial charge in [-0.3, -0.25) is 0 Å². The number of rotatable bonds is 2. The first-order valence-electron chi connectivity index (χ1n) is 4.62. The van der Waals surface area contributed by atoms with Crippen LogP contribution in [0.15, 0.2) is 24.3 Å². The molecule has 0 aliphatic rings. The molecular formula is C11H14N2OS. The summed E-state index contributed by atoms with van der Waals surface area (Å²) in [5, 5.41) is 8.61. The van der Waals surface area contributed by atoms with Crippen LogP contribution in [-0.4, -0.2) is 8.96 Å². The number of nitriles is 1. The lowest BCUT2D eigenvalue weighted by Gasteiger charge is -2.18. The van der Waals surface area contributed by atoms with Crippen LogP contribution in [0.2, 0.25) is 0 Å². The van der Waals surface area contributed by atoms with Gasteiger partial charge in [0.2, 0.25) is 0 Å². The third-order valence-corrected chi connectivity index (χ3v) is 3.31. The molecule has 0 radical (unpaired) electrons. The summed E-state index contributed by atoms with van der Waals surface area (Å²) in [5.41, 5.74) is 1.37. The fourth-order valence-corrected chi connectivity index (χ4v) is 1.53. The highest BCUT2D eigenvalue weighted by Gasteiger charge is 2.19. The lowest BCUT2D eigenvalue weighted by atomic mass is 10.2. The smallest absolute Gasteiger partial charge is 0.122 e. The van der Waals surface area contributed by atoms with Crippen molar-refractivity contribution in [2.45, 2.75) is 25.5 Å². The second kappa shape index (κ2) is 4.45. The van der Waals surface area contributed by atoms with Crippen LogP contribution in [0.3, 0.4) is 0 Å². The van der Waals surface area contributed by atoms with Gasteiger partial charge in [-0.15, -0.1) is 0 Å². The lowest BCUT2D eigenvalue weighted by molar-refractivity contribution is 0.653. The van der Waals surface area contributed by atoms with Crippen molar-refractivity contribution in [3.63, 3.8) is 0 Å². The quantitative estimate of drug-likeness (QED) is 0.835. The van der Waals surface area contributed by atoms with Gasteiger partial charge in [0.25, 0.3) is 0 Å². The Morgan fingerprint density at radius 1 is 1.27 bits per heavy atom. The van der Waals surface area contributed by atoms with Gasteiger partial charge in [-0.25, -0.2) is 4.21 Å². The summed E-state index contributed by atoms with van der Waals surface area (Å²) < 4.78 is 14.3. The van der Waals surface area contributed by atoms with Crippen molar-refractivity contribution in [1.29, 1.82) is 5.26 Å². The summed E-state index contributed by atoms with van der Waals surface area (Å²) in [6, 6.07) is 8.93. The van der Waals surface area contributed by atoms with Gasteiger partial charge in [0.1, 0.15) is 11.0 Å². The molecule has 0 amide bonds. The standard InChI is InChI=1S/C11H14N2OS/c1-11(2,3)15(14)13-10-6-4-9(8-12)5-7-10/h4-7,13H,1-3H3. The number of hydrogen-bond donors (Lipinski definition) is 1. The molecule has 0 aromatic heterocycles. The number of anilines is 1. The Morgan fingerprint density at radius 3 is 2.20 bits per heavy atom. The molecule has 1 unspecified atom stereocenters. The fraction of sp³-hybridized carbons (Fsp3) is 0.364. The first-order valence-corrected chi connectivity index (χ1v) is 5.77. The molecule has 1 N–H and O–H groups in total. The SMILES string of the molecule is CC(C)(C)S(=O)Nc1ccc(C#N)cc1. The van der Waals surface area contributed by atoms with E-state index in [0.29, 0.717) is 5.56 Å². The van der Waals surface area contributed by atoms with Crippen molar-refractivity contribution in [3.8, 4) is 6.07 Å². The molecule has 0 spiro atoms. The van der Waals surface area contributed by atoms with E-state index in [-0.39, 0.29) is 4.75 Å². The van der Waals surface area contributed by atoms with E-state index in [1.54, 1.807) is 24.3 Å². The largest absolute Gasteiger partial charge is 0.305 e. The Kier molecular flexibility index (Phi) is 3.48. The number of nitrogens with zero attached hydrogens (tertiary/aromatic N) is 1. The minimum Gasteiger partial charge on any atom is -0.305 e. The summed E-state index contributed by atoms with van der Waals surface area (Å²) in [5.74, 6) is 0. The molecular weight excluding hydrogens is 208 g/mol. The van der Waals surface area contributed by atoms with Crippen LogP contribution in [0.5, 0.6) is 0 Å². The molecule has 0 aliphatic heterocycles. The van der Waals surface area contributed by atoms with Crippen molar-refractivity contribution in [1.82, 2.24) is 0 Å². The van der Waals surface area contributed by atoms with Crippen LogP contribution in [0.1, 0.15) is 26.3 Å². The van der Waals surface area contributed by atoms with E-state index in [1.807, 2.05) is 26.8 Å². The van der Waals surface area contributed by atoms with Gasteiger partial charge in [0.15, 0.2) is 0 Å². The zero-order valence-corrected chi connectivity index (χ0v) is 9.89. The average molecular weight is 222 g/mol. The van der Waals surface area contributed by atoms with Crippen molar-refractivity contribution < 1.29 is 4.21 Å². The molecule has 1 rings (SSSR count). The maximum absolute atomic E-state index is 11.7. The van der Waals surface area contributed by atoms with Crippen molar-refractivity contribution >= 4 is 16.7 Å². The third-order valence-electron chi connectivity index (χ3n) is 1.78. The summed E-state index contributed by atoms with van der Waals surface area (Å²) in [6.07, 6.45) is 0. The lowest BCUT2D eigenvalue weighted by Crippen LogP contribution is -2.27. The van der Waals surface area contributed by atoms with E-state index < -0.39 is 11.0 Å². The van der Waals surface area contributed by atoms with Crippen LogP contribution in [0, 0.1) is 11.3 Å². The highest BCUT2D eigenvalue weighted by molar-refractivity contribution is 7.87. The third kappa shape index (κ3) is 3.37. The Morgan fingerprint density at radius 2 is 1.80 bits per heavy atom. The van der Waals surface area contributed by atoms with Crippen LogP contribution in [0.25, 0.3) is 0 Å². The van der Waals surface area contributed by atoms with Gasteiger partial charge in [-0.05, 0) is 45.0 Å². The minimum atomic E-state index is -1.13. The number of nitrogens with one attached hydrogen (secondary N) is 1. The van der Waals surface area contributed by atoms with Crippen molar-refractivity contribution in [3.05, 3.63) is 29.8 Å². The molecule has 0 aliphatic carbocycles. The van der Waals surface area contributed by atoms with Crippen molar-refractivity contribution in [2.75, 3.05) is 4.72 Å². The molecule has 4 heteroatoms. The van der Waals surface area contributed by atoms with Gasteiger partial charge in [-0.1, -0.05) is 0 Å². The Hall–Kier alpha value is -1.34. The fourth-order valence-electron chi connectivity index (χ4n) is 0.873. The summed E-state index contributed by atoms with van der Waals surface area (Å²) in [4.78, 5) is 0. The molecule has 15 heavy (non-hydrogen) atoms. The number of hydrogen-bond acceptors (Lipinski definition) is 2. The summed E-state index contributed by atoms with van der Waals surface area (Å²) in [6.45, 7) is 5.71. The molecule has 0 saturated heterocycles. The molecule has 0 fully saturated rings. The van der Waals surface area contributed by atoms with Crippen LogP contribution in [-0.2, 0) is 11.0 Å². The van der Waals surface area contributed by atoms with E-state index in [2.05, 4.69) is 4.72 Å². The molecule has 1 atom stereocenters. The predicted octanol–water partition coefficient (Wildman–Crippen LogP) is 2.43. The maximum atomic E-state index is 11.7. The van der Waals surface area contributed by atoms with Crippen LogP contribution >= 0.6 is 0 Å². The summed E-state index contributed by atoms with van der Waals surface area (Å²) in [7, 11) is -1.13. The summed E-state index contributed by atoms with van der Waals surface area (Å²) >= 11 is 0. The van der Waals surface area contributed by atoms with E-state index >= 15 is 0 Å². The Balaban J connectivity index is 2.75. The Bertz CT molecular complexity index is 398. The molecule has 80 valence electrons. The predicted molar refractivity (Wildman–Crippen MR) is 62.7 cm³/mol. The molecule has 3 nitrogen and oxygen atoms in total. The minimum absolute atomic E-state index is 0.298. The molecule has 1 aromatic carbocycles. The molecule has 1 aromatic rings. The monoisotopic (exact) mass is 222 g/mol. The second-order valence-corrected chi connectivity index (χ2v) is 6.14. The zero-order valence-electron chi connectivity index (χ0n) is 9.07. The molecule has 0 saturated carbocycles.